The zero-order valence-electron chi connectivity index (χ0n) is 25.7. The van der Waals surface area contributed by atoms with Gasteiger partial charge in [-0.2, -0.15) is 15.0 Å². The Morgan fingerprint density at radius 3 is 1.27 bits per heavy atom. The second kappa shape index (κ2) is 9.61. The van der Waals surface area contributed by atoms with Gasteiger partial charge in [0.25, 0.3) is 0 Å². The van der Waals surface area contributed by atoms with Crippen molar-refractivity contribution in [3.63, 3.8) is 0 Å². The highest BCUT2D eigenvalue weighted by Crippen LogP contribution is 2.59. The lowest BCUT2D eigenvalue weighted by Gasteiger charge is -2.40. The van der Waals surface area contributed by atoms with Gasteiger partial charge in [-0.05, 0) is 64.5 Å². The van der Waals surface area contributed by atoms with Gasteiger partial charge in [0.15, 0.2) is 5.82 Å². The molecule has 0 spiro atoms. The molecular formula is C35H37N5O4. The molecule has 226 valence electrons. The molecular weight excluding hydrogens is 554 g/mol. The molecule has 4 aliphatic rings. The van der Waals surface area contributed by atoms with Crippen LogP contribution in [0.1, 0.15) is 79.1 Å². The predicted octanol–water partition coefficient (Wildman–Crippen LogP) is 6.13. The molecule has 2 saturated carbocycles. The highest BCUT2D eigenvalue weighted by atomic mass is 16.2. The summed E-state index contributed by atoms with van der Waals surface area (Å²) in [6, 6.07) is 17.3. The maximum atomic E-state index is 14.1. The molecule has 9 heteroatoms. The number of anilines is 2. The molecule has 4 fully saturated rings. The van der Waals surface area contributed by atoms with E-state index in [1.807, 2.05) is 82.3 Å². The number of nitrogens with zero attached hydrogens (tertiary/aromatic N) is 5. The first-order valence-corrected chi connectivity index (χ1v) is 15.7. The Bertz CT molecular complexity index is 1600. The van der Waals surface area contributed by atoms with Gasteiger partial charge in [0.1, 0.15) is 0 Å². The van der Waals surface area contributed by atoms with Gasteiger partial charge in [-0.1, -0.05) is 80.3 Å². The summed E-state index contributed by atoms with van der Waals surface area (Å²) in [5.41, 5.74) is -1.20. The number of amides is 4. The van der Waals surface area contributed by atoms with Crippen molar-refractivity contribution in [3.05, 3.63) is 54.6 Å². The molecule has 2 saturated heterocycles. The van der Waals surface area contributed by atoms with Crippen LogP contribution in [0.4, 0.5) is 11.9 Å². The zero-order valence-corrected chi connectivity index (χ0v) is 25.7. The van der Waals surface area contributed by atoms with E-state index in [9.17, 15) is 19.2 Å². The zero-order chi connectivity index (χ0) is 31.1. The SMILES string of the molecule is CC12CCCCC1(C)C(=O)N(c1nc(-c3ccccc3-c3ccccc3)nc(N3C(=O)C4(C)CCCCC4(C)C3=O)n1)C2=O. The minimum absolute atomic E-state index is 0.148. The Kier molecular flexibility index (Phi) is 6.23. The van der Waals surface area contributed by atoms with Crippen LogP contribution in [0.5, 0.6) is 0 Å². The average molecular weight is 592 g/mol. The molecule has 7 rings (SSSR count). The quantitative estimate of drug-likeness (QED) is 0.336. The molecule has 3 aromatic rings. The smallest absolute Gasteiger partial charge is 0.244 e. The van der Waals surface area contributed by atoms with Crippen LogP contribution in [0.15, 0.2) is 54.6 Å². The van der Waals surface area contributed by atoms with Crippen LogP contribution < -0.4 is 9.80 Å². The topological polar surface area (TPSA) is 113 Å². The van der Waals surface area contributed by atoms with Gasteiger partial charge in [0.05, 0.1) is 21.7 Å². The fraction of sp³-hybridized carbons (Fsp3) is 0.457. The second-order valence-electron chi connectivity index (χ2n) is 13.8. The first-order chi connectivity index (χ1) is 21.0. The van der Waals surface area contributed by atoms with E-state index in [-0.39, 0.29) is 41.3 Å². The molecule has 9 nitrogen and oxygen atoms in total. The Morgan fingerprint density at radius 1 is 0.500 bits per heavy atom. The summed E-state index contributed by atoms with van der Waals surface area (Å²) in [5, 5.41) is 0. The first kappa shape index (κ1) is 28.5. The van der Waals surface area contributed by atoms with Crippen LogP contribution in [0.25, 0.3) is 22.5 Å². The number of carbonyl (C=O) groups excluding carboxylic acids is 4. The summed E-state index contributed by atoms with van der Waals surface area (Å²) >= 11 is 0. The van der Waals surface area contributed by atoms with Gasteiger partial charge in [-0.25, -0.2) is 9.80 Å². The number of imide groups is 2. The molecule has 2 aliphatic carbocycles. The van der Waals surface area contributed by atoms with Crippen molar-refractivity contribution in [2.75, 3.05) is 9.80 Å². The van der Waals surface area contributed by atoms with Crippen molar-refractivity contribution >= 4 is 35.5 Å². The Hall–Kier alpha value is -4.27. The molecule has 4 atom stereocenters. The van der Waals surface area contributed by atoms with Crippen LogP contribution >= 0.6 is 0 Å². The molecule has 0 N–H and O–H groups in total. The summed E-state index contributed by atoms with van der Waals surface area (Å²) < 4.78 is 0. The molecule has 3 heterocycles. The minimum atomic E-state index is -0.896. The maximum Gasteiger partial charge on any atom is 0.244 e. The van der Waals surface area contributed by atoms with Crippen LogP contribution in [-0.2, 0) is 19.2 Å². The van der Waals surface area contributed by atoms with Crippen molar-refractivity contribution in [2.45, 2.75) is 79.1 Å². The molecule has 0 radical (unpaired) electrons. The third-order valence-electron chi connectivity index (χ3n) is 11.6. The molecule has 2 aliphatic heterocycles. The summed E-state index contributed by atoms with van der Waals surface area (Å²) in [6.45, 7) is 7.44. The van der Waals surface area contributed by atoms with Crippen LogP contribution in [-0.4, -0.2) is 38.6 Å². The predicted molar refractivity (Wildman–Crippen MR) is 165 cm³/mol. The summed E-state index contributed by atoms with van der Waals surface area (Å²) in [4.78, 5) is 72.9. The van der Waals surface area contributed by atoms with Crippen LogP contribution in [0.2, 0.25) is 0 Å². The monoisotopic (exact) mass is 591 g/mol. The van der Waals surface area contributed by atoms with E-state index in [2.05, 4.69) is 4.98 Å². The van der Waals surface area contributed by atoms with Crippen molar-refractivity contribution in [1.82, 2.24) is 15.0 Å². The first-order valence-electron chi connectivity index (χ1n) is 15.7. The van der Waals surface area contributed by atoms with Gasteiger partial charge < -0.3 is 0 Å². The van der Waals surface area contributed by atoms with Crippen molar-refractivity contribution in [3.8, 4) is 22.5 Å². The molecule has 4 unspecified atom stereocenters. The number of hydrogen-bond donors (Lipinski definition) is 0. The van der Waals surface area contributed by atoms with Crippen LogP contribution in [0.3, 0.4) is 0 Å². The lowest BCUT2D eigenvalue weighted by atomic mass is 9.59. The minimum Gasteiger partial charge on any atom is -0.273 e. The second-order valence-corrected chi connectivity index (χ2v) is 13.8. The number of fused-ring (bicyclic) bond motifs is 2. The largest absolute Gasteiger partial charge is 0.273 e. The number of benzene rings is 2. The van der Waals surface area contributed by atoms with Gasteiger partial charge in [0, 0.05) is 5.56 Å². The standard InChI is InChI=1S/C35H37N5O4/c1-32-18-10-11-19-33(32,2)27(42)39(26(32)41)30-36-25(24-17-9-8-16-23(24)22-14-6-5-7-15-22)37-31(38-30)40-28(43)34(3)20-12-13-21-35(34,4)29(40)44/h5-9,14-17H,10-13,18-21H2,1-4H3. The van der Waals surface area contributed by atoms with Crippen molar-refractivity contribution in [2.24, 2.45) is 21.7 Å². The van der Waals surface area contributed by atoms with E-state index in [1.165, 1.54) is 0 Å². The molecule has 1 aromatic heterocycles. The van der Waals surface area contributed by atoms with E-state index < -0.39 is 21.7 Å². The average Bonchev–Trinajstić information content (AvgIpc) is 3.30. The van der Waals surface area contributed by atoms with Gasteiger partial charge in [-0.3, -0.25) is 19.2 Å². The Morgan fingerprint density at radius 2 is 0.864 bits per heavy atom. The highest BCUT2D eigenvalue weighted by molar-refractivity contribution is 6.26. The van der Waals surface area contributed by atoms with Gasteiger partial charge in [-0.15, -0.1) is 0 Å². The van der Waals surface area contributed by atoms with Crippen LogP contribution in [0, 0.1) is 21.7 Å². The summed E-state index contributed by atoms with van der Waals surface area (Å²) in [7, 11) is 0. The summed E-state index contributed by atoms with van der Waals surface area (Å²) in [6.07, 6.45) is 5.77. The lowest BCUT2D eigenvalue weighted by molar-refractivity contribution is -0.135. The lowest BCUT2D eigenvalue weighted by Crippen LogP contribution is -2.42. The van der Waals surface area contributed by atoms with Gasteiger partial charge in [0.2, 0.25) is 35.5 Å². The van der Waals surface area contributed by atoms with E-state index >= 15 is 0 Å². The normalized spacial score (nSPS) is 31.8. The third kappa shape index (κ3) is 3.61. The molecule has 4 amide bonds. The number of hydrogen-bond acceptors (Lipinski definition) is 7. The third-order valence-corrected chi connectivity index (χ3v) is 11.6. The molecule has 0 bridgehead atoms. The molecule has 44 heavy (non-hydrogen) atoms. The number of carbonyl (C=O) groups is 4. The molecule has 2 aromatic carbocycles. The Labute approximate surface area is 257 Å². The Balaban J connectivity index is 1.44. The number of rotatable bonds is 4. The van der Waals surface area contributed by atoms with E-state index in [4.69, 9.17) is 9.97 Å². The van der Waals surface area contributed by atoms with E-state index in [0.717, 1.165) is 46.6 Å². The fourth-order valence-electron chi connectivity index (χ4n) is 8.15. The summed E-state index contributed by atoms with van der Waals surface area (Å²) in [5.74, 6) is -1.52. The van der Waals surface area contributed by atoms with Crippen molar-refractivity contribution < 1.29 is 19.2 Å². The van der Waals surface area contributed by atoms with E-state index in [1.54, 1.807) is 0 Å². The highest BCUT2D eigenvalue weighted by Gasteiger charge is 2.67. The number of aromatic nitrogens is 3. The van der Waals surface area contributed by atoms with E-state index in [0.29, 0.717) is 31.2 Å². The van der Waals surface area contributed by atoms with Gasteiger partial charge >= 0.3 is 0 Å². The fourth-order valence-corrected chi connectivity index (χ4v) is 8.15. The van der Waals surface area contributed by atoms with Crippen molar-refractivity contribution in [1.29, 1.82) is 0 Å². The maximum absolute atomic E-state index is 14.1.